The zero-order valence-electron chi connectivity index (χ0n) is 19.1. The van der Waals surface area contributed by atoms with Gasteiger partial charge in [-0.25, -0.2) is 19.8 Å². The molecule has 178 valence electrons. The lowest BCUT2D eigenvalue weighted by molar-refractivity contribution is 0.0376. The highest BCUT2D eigenvalue weighted by atomic mass is 16.5. The van der Waals surface area contributed by atoms with Crippen LogP contribution in [0.15, 0.2) is 43.0 Å². The topological polar surface area (TPSA) is 104 Å². The second kappa shape index (κ2) is 9.78. The molecule has 10 heteroatoms. The van der Waals surface area contributed by atoms with Gasteiger partial charge in [-0.3, -0.25) is 9.99 Å². The first-order valence-corrected chi connectivity index (χ1v) is 11.5. The maximum Gasteiger partial charge on any atom is 0.407 e. The van der Waals surface area contributed by atoms with Crippen LogP contribution in [0, 0.1) is 6.92 Å². The Morgan fingerprint density at radius 1 is 1.15 bits per heavy atom. The smallest absolute Gasteiger partial charge is 0.407 e. The molecule has 34 heavy (non-hydrogen) atoms. The van der Waals surface area contributed by atoms with Crippen LogP contribution in [-0.2, 0) is 4.74 Å². The number of hydrogen-bond acceptors (Lipinski definition) is 8. The number of aryl methyl sites for hydroxylation is 1. The summed E-state index contributed by atoms with van der Waals surface area (Å²) in [4.78, 5) is 25.8. The molecule has 2 aliphatic heterocycles. The number of nitrogens with zero attached hydrogens (tertiary/aromatic N) is 6. The van der Waals surface area contributed by atoms with Gasteiger partial charge >= 0.3 is 6.09 Å². The largest absolute Gasteiger partial charge is 0.490 e. The van der Waals surface area contributed by atoms with Crippen LogP contribution in [0.2, 0.25) is 0 Å². The molecule has 1 N–H and O–H groups in total. The van der Waals surface area contributed by atoms with Crippen LogP contribution in [0.4, 0.5) is 16.3 Å². The van der Waals surface area contributed by atoms with Crippen molar-refractivity contribution in [2.24, 2.45) is 0 Å². The third-order valence-corrected chi connectivity index (χ3v) is 6.30. The summed E-state index contributed by atoms with van der Waals surface area (Å²) >= 11 is 0. The molecular weight excluding hydrogens is 436 g/mol. The molecule has 1 aromatic carbocycles. The number of carbonyl (C=O) groups is 1. The third-order valence-electron chi connectivity index (χ3n) is 6.30. The lowest BCUT2D eigenvalue weighted by atomic mass is 10.1. The molecule has 0 bridgehead atoms. The molecule has 0 unspecified atom stereocenters. The molecule has 2 saturated heterocycles. The lowest BCUT2D eigenvalue weighted by Gasteiger charge is -2.38. The van der Waals surface area contributed by atoms with Gasteiger partial charge in [0.05, 0.1) is 30.6 Å². The van der Waals surface area contributed by atoms with Crippen molar-refractivity contribution in [3.63, 3.8) is 0 Å². The van der Waals surface area contributed by atoms with Crippen molar-refractivity contribution in [3.8, 4) is 5.75 Å². The molecule has 0 atom stereocenters. The zero-order valence-corrected chi connectivity index (χ0v) is 19.1. The predicted octanol–water partition coefficient (Wildman–Crippen LogP) is 3.24. The van der Waals surface area contributed by atoms with Gasteiger partial charge in [0.15, 0.2) is 5.82 Å². The normalized spacial score (nSPS) is 17.6. The average Bonchev–Trinajstić information content (AvgIpc) is 2.87. The molecule has 2 aliphatic rings. The standard InChI is InChI=1S/C24H28N6O4/c1-17-14-18(2-3-22(17)34-19-5-8-28(9-6-19)24(31)32)30(29-10-12-33-13-11-29)23-20-4-7-25-15-21(20)26-16-27-23/h2-4,7,14-16,19H,5-6,8-13H2,1H3,(H,31,32). The van der Waals surface area contributed by atoms with Gasteiger partial charge in [-0.15, -0.1) is 0 Å². The molecule has 0 spiro atoms. The fourth-order valence-corrected chi connectivity index (χ4v) is 4.48. The van der Waals surface area contributed by atoms with E-state index in [1.807, 2.05) is 25.1 Å². The van der Waals surface area contributed by atoms with Gasteiger partial charge in [-0.2, -0.15) is 0 Å². The number of anilines is 2. The van der Waals surface area contributed by atoms with E-state index in [0.29, 0.717) is 39.1 Å². The van der Waals surface area contributed by atoms with Gasteiger partial charge in [0.25, 0.3) is 0 Å². The molecule has 4 heterocycles. The van der Waals surface area contributed by atoms with E-state index < -0.39 is 6.09 Å². The van der Waals surface area contributed by atoms with E-state index in [1.165, 1.54) is 4.90 Å². The van der Waals surface area contributed by atoms with E-state index in [4.69, 9.17) is 14.6 Å². The van der Waals surface area contributed by atoms with E-state index in [-0.39, 0.29) is 6.10 Å². The number of carboxylic acid groups (broad SMARTS) is 1. The number of rotatable bonds is 5. The zero-order chi connectivity index (χ0) is 23.5. The Labute approximate surface area is 197 Å². The molecule has 0 aliphatic carbocycles. The molecule has 5 rings (SSSR count). The highest BCUT2D eigenvalue weighted by Gasteiger charge is 2.26. The maximum atomic E-state index is 11.2. The minimum absolute atomic E-state index is 0.00815. The highest BCUT2D eigenvalue weighted by Crippen LogP contribution is 2.34. The van der Waals surface area contributed by atoms with Gasteiger partial charge in [0, 0.05) is 50.6 Å². The van der Waals surface area contributed by atoms with Crippen molar-refractivity contribution < 1.29 is 19.4 Å². The number of aromatic nitrogens is 3. The summed E-state index contributed by atoms with van der Waals surface area (Å²) in [5, 5.41) is 14.5. The van der Waals surface area contributed by atoms with Gasteiger partial charge < -0.3 is 19.5 Å². The van der Waals surface area contributed by atoms with Crippen LogP contribution in [0.1, 0.15) is 18.4 Å². The molecule has 2 aromatic heterocycles. The minimum atomic E-state index is -0.866. The Kier molecular flexibility index (Phi) is 6.41. The molecule has 3 aromatic rings. The Bertz CT molecular complexity index is 1160. The Balaban J connectivity index is 1.43. The first-order chi connectivity index (χ1) is 16.6. The molecule has 0 radical (unpaired) electrons. The number of pyridine rings is 1. The number of piperidine rings is 1. The first kappa shape index (κ1) is 22.3. The van der Waals surface area contributed by atoms with Crippen LogP contribution in [0.3, 0.4) is 0 Å². The molecule has 0 saturated carbocycles. The number of hydrogen-bond donors (Lipinski definition) is 1. The fourth-order valence-electron chi connectivity index (χ4n) is 4.48. The summed E-state index contributed by atoms with van der Waals surface area (Å²) < 4.78 is 11.9. The summed E-state index contributed by atoms with van der Waals surface area (Å²) in [6.45, 7) is 5.82. The summed E-state index contributed by atoms with van der Waals surface area (Å²) in [7, 11) is 0. The molecule has 2 fully saturated rings. The maximum absolute atomic E-state index is 11.2. The van der Waals surface area contributed by atoms with Crippen molar-refractivity contribution in [2.45, 2.75) is 25.9 Å². The Hall–Kier alpha value is -3.50. The van der Waals surface area contributed by atoms with Gasteiger partial charge in [-0.1, -0.05) is 0 Å². The quantitative estimate of drug-likeness (QED) is 0.609. The van der Waals surface area contributed by atoms with Crippen molar-refractivity contribution in [3.05, 3.63) is 48.5 Å². The van der Waals surface area contributed by atoms with Crippen molar-refractivity contribution in [2.75, 3.05) is 44.4 Å². The van der Waals surface area contributed by atoms with Crippen molar-refractivity contribution in [1.29, 1.82) is 0 Å². The van der Waals surface area contributed by atoms with E-state index in [1.54, 1.807) is 18.7 Å². The predicted molar refractivity (Wildman–Crippen MR) is 126 cm³/mol. The molecule has 10 nitrogen and oxygen atoms in total. The minimum Gasteiger partial charge on any atom is -0.490 e. The van der Waals surface area contributed by atoms with Crippen LogP contribution in [0.5, 0.6) is 5.75 Å². The molecular formula is C24H28N6O4. The number of ether oxygens (including phenoxy) is 2. The third kappa shape index (κ3) is 4.59. The SMILES string of the molecule is Cc1cc(N(c2ncnc3cnccc23)N2CCOCC2)ccc1OC1CCN(C(=O)O)CC1. The lowest BCUT2D eigenvalue weighted by Crippen LogP contribution is -2.47. The first-order valence-electron chi connectivity index (χ1n) is 11.5. The van der Waals surface area contributed by atoms with E-state index in [0.717, 1.165) is 46.8 Å². The second-order valence-corrected chi connectivity index (χ2v) is 8.50. The number of hydrazine groups is 1. The number of benzene rings is 1. The van der Waals surface area contributed by atoms with Gasteiger partial charge in [0.2, 0.25) is 0 Å². The van der Waals surface area contributed by atoms with Crippen LogP contribution in [-0.4, -0.2) is 81.6 Å². The second-order valence-electron chi connectivity index (χ2n) is 8.50. The molecule has 1 amide bonds. The number of morpholine rings is 1. The summed E-state index contributed by atoms with van der Waals surface area (Å²) in [5.41, 5.74) is 2.77. The number of fused-ring (bicyclic) bond motifs is 1. The van der Waals surface area contributed by atoms with E-state index in [9.17, 15) is 4.79 Å². The van der Waals surface area contributed by atoms with Crippen LogP contribution >= 0.6 is 0 Å². The van der Waals surface area contributed by atoms with Crippen molar-refractivity contribution >= 4 is 28.5 Å². The van der Waals surface area contributed by atoms with Gasteiger partial charge in [-0.05, 0) is 36.8 Å². The monoisotopic (exact) mass is 464 g/mol. The van der Waals surface area contributed by atoms with E-state index in [2.05, 4.69) is 31.0 Å². The average molecular weight is 465 g/mol. The van der Waals surface area contributed by atoms with Crippen LogP contribution in [0.25, 0.3) is 10.9 Å². The van der Waals surface area contributed by atoms with Crippen molar-refractivity contribution in [1.82, 2.24) is 24.9 Å². The summed E-state index contributed by atoms with van der Waals surface area (Å²) in [6, 6.07) is 8.07. The Morgan fingerprint density at radius 3 is 2.68 bits per heavy atom. The summed E-state index contributed by atoms with van der Waals surface area (Å²) in [6.07, 6.45) is 5.59. The number of likely N-dealkylation sites (tertiary alicyclic amines) is 1. The Morgan fingerprint density at radius 2 is 1.94 bits per heavy atom. The van der Waals surface area contributed by atoms with Crippen LogP contribution < -0.4 is 9.75 Å². The van der Waals surface area contributed by atoms with Gasteiger partial charge in [0.1, 0.15) is 18.2 Å². The fraction of sp³-hybridized carbons (Fsp3) is 0.417. The highest BCUT2D eigenvalue weighted by molar-refractivity contribution is 5.90. The number of amides is 1. The summed E-state index contributed by atoms with van der Waals surface area (Å²) in [5.74, 6) is 1.61. The van der Waals surface area contributed by atoms with E-state index >= 15 is 0 Å².